The highest BCUT2D eigenvalue weighted by molar-refractivity contribution is 7.99. The molecule has 0 saturated carbocycles. The maximum absolute atomic E-state index is 8.63. The van der Waals surface area contributed by atoms with Crippen LogP contribution in [0.1, 0.15) is 12.1 Å². The largest absolute Gasteiger partial charge is 0.396 e. The Kier molecular flexibility index (Phi) is 4.42. The van der Waals surface area contributed by atoms with E-state index in [9.17, 15) is 0 Å². The highest BCUT2D eigenvalue weighted by atomic mass is 32.2. The fourth-order valence-corrected chi connectivity index (χ4v) is 1.92. The first kappa shape index (κ1) is 11.0. The number of nitrogens with two attached hydrogens (primary N) is 1. The molecule has 0 radical (unpaired) electrons. The molecule has 1 aromatic rings. The van der Waals surface area contributed by atoms with Crippen LogP contribution >= 0.6 is 11.8 Å². The molecule has 14 heavy (non-hydrogen) atoms. The van der Waals surface area contributed by atoms with Crippen molar-refractivity contribution in [1.82, 2.24) is 4.98 Å². The second-order valence-electron chi connectivity index (χ2n) is 2.69. The van der Waals surface area contributed by atoms with Gasteiger partial charge in [-0.25, -0.2) is 0 Å². The van der Waals surface area contributed by atoms with Gasteiger partial charge in [-0.05, 0) is 18.6 Å². The number of aromatic nitrogens is 1. The first-order valence-corrected chi connectivity index (χ1v) is 5.27. The van der Waals surface area contributed by atoms with Crippen LogP contribution in [0.4, 0.5) is 0 Å². The minimum atomic E-state index is -0.0166. The van der Waals surface area contributed by atoms with E-state index in [1.807, 2.05) is 12.1 Å². The summed E-state index contributed by atoms with van der Waals surface area (Å²) in [6, 6.07) is 3.69. The maximum Gasteiger partial charge on any atom is 0.142 e. The van der Waals surface area contributed by atoms with Gasteiger partial charge in [0.2, 0.25) is 0 Å². The third-order valence-corrected chi connectivity index (χ3v) is 2.72. The summed E-state index contributed by atoms with van der Waals surface area (Å²) in [4.78, 5) is 4.92. The molecule has 4 N–H and O–H groups in total. The molecule has 0 bridgehead atoms. The van der Waals surface area contributed by atoms with Crippen molar-refractivity contribution in [3.8, 4) is 0 Å². The number of nitrogens with zero attached hydrogens (tertiary/aromatic N) is 1. The zero-order chi connectivity index (χ0) is 10.4. The van der Waals surface area contributed by atoms with Crippen molar-refractivity contribution in [2.75, 3.05) is 12.4 Å². The summed E-state index contributed by atoms with van der Waals surface area (Å²) < 4.78 is 0. The Hall–Kier alpha value is -1.07. The van der Waals surface area contributed by atoms with E-state index in [0.29, 0.717) is 5.69 Å². The van der Waals surface area contributed by atoms with Crippen LogP contribution in [0.3, 0.4) is 0 Å². The number of rotatable bonds is 5. The minimum absolute atomic E-state index is 0.0166. The summed E-state index contributed by atoms with van der Waals surface area (Å²) >= 11 is 1.56. The van der Waals surface area contributed by atoms with E-state index < -0.39 is 0 Å². The fourth-order valence-electron chi connectivity index (χ4n) is 0.956. The topological polar surface area (TPSA) is 83.0 Å². The van der Waals surface area contributed by atoms with Crippen LogP contribution in [0, 0.1) is 5.41 Å². The molecular formula is C9H13N3OS. The molecule has 1 heterocycles. The third kappa shape index (κ3) is 3.01. The zero-order valence-electron chi connectivity index (χ0n) is 7.73. The summed E-state index contributed by atoms with van der Waals surface area (Å²) in [5.41, 5.74) is 5.90. The Labute approximate surface area is 87.1 Å². The first-order valence-electron chi connectivity index (χ1n) is 4.28. The van der Waals surface area contributed by atoms with Gasteiger partial charge in [-0.1, -0.05) is 0 Å². The van der Waals surface area contributed by atoms with Gasteiger partial charge in [-0.3, -0.25) is 10.4 Å². The molecule has 0 unspecified atom stereocenters. The highest BCUT2D eigenvalue weighted by Crippen LogP contribution is 2.20. The van der Waals surface area contributed by atoms with Gasteiger partial charge in [-0.15, -0.1) is 11.8 Å². The molecule has 0 spiro atoms. The predicted molar refractivity (Wildman–Crippen MR) is 57.7 cm³/mol. The lowest BCUT2D eigenvalue weighted by atomic mass is 10.3. The second kappa shape index (κ2) is 5.62. The van der Waals surface area contributed by atoms with Crippen LogP contribution in [0.15, 0.2) is 23.2 Å². The number of nitrogens with one attached hydrogen (secondary N) is 1. The number of thioether (sulfide) groups is 1. The number of aliphatic hydroxyl groups excluding tert-OH is 1. The lowest BCUT2D eigenvalue weighted by Crippen LogP contribution is -2.14. The third-order valence-electron chi connectivity index (χ3n) is 1.59. The highest BCUT2D eigenvalue weighted by Gasteiger charge is 2.05. The molecule has 1 rings (SSSR count). The lowest BCUT2D eigenvalue weighted by molar-refractivity contribution is 0.296. The van der Waals surface area contributed by atoms with Gasteiger partial charge >= 0.3 is 0 Å². The minimum Gasteiger partial charge on any atom is -0.396 e. The quantitative estimate of drug-likeness (QED) is 0.292. The SMILES string of the molecule is N=C(N)c1ncccc1SCCCO. The van der Waals surface area contributed by atoms with E-state index in [1.165, 1.54) is 0 Å². The van der Waals surface area contributed by atoms with Crippen molar-refractivity contribution < 1.29 is 5.11 Å². The van der Waals surface area contributed by atoms with E-state index >= 15 is 0 Å². The van der Waals surface area contributed by atoms with Crippen LogP contribution in [0.25, 0.3) is 0 Å². The molecule has 0 saturated heterocycles. The fraction of sp³-hybridized carbons (Fsp3) is 0.333. The lowest BCUT2D eigenvalue weighted by Gasteiger charge is -2.05. The Balaban J connectivity index is 2.69. The number of aliphatic hydroxyl groups is 1. The summed E-state index contributed by atoms with van der Waals surface area (Å²) in [6.45, 7) is 0.183. The monoisotopic (exact) mass is 211 g/mol. The Morgan fingerprint density at radius 1 is 1.64 bits per heavy atom. The number of hydrogen-bond acceptors (Lipinski definition) is 4. The van der Waals surface area contributed by atoms with Gasteiger partial charge < -0.3 is 10.8 Å². The van der Waals surface area contributed by atoms with E-state index in [4.69, 9.17) is 16.2 Å². The number of pyridine rings is 1. The average molecular weight is 211 g/mol. The van der Waals surface area contributed by atoms with Crippen LogP contribution < -0.4 is 5.73 Å². The van der Waals surface area contributed by atoms with Crippen LogP contribution in [-0.2, 0) is 0 Å². The summed E-state index contributed by atoms with van der Waals surface area (Å²) in [5, 5.41) is 15.9. The van der Waals surface area contributed by atoms with Gasteiger partial charge in [0.15, 0.2) is 0 Å². The molecule has 0 atom stereocenters. The molecule has 0 aliphatic heterocycles. The molecule has 76 valence electrons. The summed E-state index contributed by atoms with van der Waals surface area (Å²) in [7, 11) is 0. The molecule has 0 amide bonds. The molecule has 0 aliphatic rings. The molecule has 0 aliphatic carbocycles. The van der Waals surface area contributed by atoms with Gasteiger partial charge in [0, 0.05) is 23.5 Å². The van der Waals surface area contributed by atoms with Crippen molar-refractivity contribution in [2.45, 2.75) is 11.3 Å². The average Bonchev–Trinajstić information content (AvgIpc) is 2.19. The molecular weight excluding hydrogens is 198 g/mol. The van der Waals surface area contributed by atoms with Crippen molar-refractivity contribution in [3.05, 3.63) is 24.0 Å². The van der Waals surface area contributed by atoms with Crippen molar-refractivity contribution in [2.24, 2.45) is 5.73 Å². The molecule has 4 nitrogen and oxygen atoms in total. The Morgan fingerprint density at radius 2 is 2.43 bits per heavy atom. The first-order chi connectivity index (χ1) is 6.75. The van der Waals surface area contributed by atoms with Gasteiger partial charge in [0.25, 0.3) is 0 Å². The molecule has 0 fully saturated rings. The standard InChI is InChI=1S/C9H13N3OS/c10-9(11)8-7(3-1-4-12-8)14-6-2-5-13/h1,3-4,13H,2,5-6H2,(H3,10,11). The number of hydrogen-bond donors (Lipinski definition) is 3. The maximum atomic E-state index is 8.63. The van der Waals surface area contributed by atoms with Crippen LogP contribution in [0.2, 0.25) is 0 Å². The van der Waals surface area contributed by atoms with Crippen LogP contribution in [-0.4, -0.2) is 28.3 Å². The van der Waals surface area contributed by atoms with E-state index in [1.54, 1.807) is 18.0 Å². The van der Waals surface area contributed by atoms with E-state index in [0.717, 1.165) is 17.1 Å². The second-order valence-corrected chi connectivity index (χ2v) is 3.83. The zero-order valence-corrected chi connectivity index (χ0v) is 8.55. The molecule has 5 heteroatoms. The predicted octanol–water partition coefficient (Wildman–Crippen LogP) is 0.840. The Morgan fingerprint density at radius 3 is 3.07 bits per heavy atom. The van der Waals surface area contributed by atoms with E-state index in [-0.39, 0.29) is 12.4 Å². The molecule has 1 aromatic heterocycles. The van der Waals surface area contributed by atoms with E-state index in [2.05, 4.69) is 4.98 Å². The normalized spacial score (nSPS) is 10.1. The van der Waals surface area contributed by atoms with Crippen molar-refractivity contribution >= 4 is 17.6 Å². The summed E-state index contributed by atoms with van der Waals surface area (Å²) in [6.07, 6.45) is 2.35. The van der Waals surface area contributed by atoms with Crippen molar-refractivity contribution in [1.29, 1.82) is 5.41 Å². The van der Waals surface area contributed by atoms with Crippen molar-refractivity contribution in [3.63, 3.8) is 0 Å². The number of amidine groups is 1. The van der Waals surface area contributed by atoms with Gasteiger partial charge in [0.05, 0.1) is 0 Å². The number of nitrogen functional groups attached to an aromatic ring is 1. The summed E-state index contributed by atoms with van der Waals surface area (Å²) in [5.74, 6) is 0.791. The Bertz CT molecular complexity index is 317. The van der Waals surface area contributed by atoms with Crippen LogP contribution in [0.5, 0.6) is 0 Å². The van der Waals surface area contributed by atoms with Gasteiger partial charge in [-0.2, -0.15) is 0 Å². The smallest absolute Gasteiger partial charge is 0.142 e. The van der Waals surface area contributed by atoms with Gasteiger partial charge in [0.1, 0.15) is 11.5 Å². The molecule has 0 aromatic carbocycles.